The summed E-state index contributed by atoms with van der Waals surface area (Å²) in [5.74, 6) is 0. The lowest BCUT2D eigenvalue weighted by Crippen LogP contribution is -2.23. The Morgan fingerprint density at radius 2 is 1.84 bits per heavy atom. The minimum Gasteiger partial charge on any atom is -0.306 e. The number of rotatable bonds is 4. The summed E-state index contributed by atoms with van der Waals surface area (Å²) in [6.45, 7) is -0.184. The fraction of sp³-hybridized carbons (Fsp3) is 0.133. The molecule has 0 saturated carbocycles. The predicted molar refractivity (Wildman–Crippen MR) is 85.7 cm³/mol. The molecule has 3 aromatic rings. The van der Waals surface area contributed by atoms with E-state index < -0.39 is 21.8 Å². The van der Waals surface area contributed by atoms with E-state index in [-0.39, 0.29) is 27.8 Å². The van der Waals surface area contributed by atoms with E-state index in [1.165, 1.54) is 34.9 Å². The maximum absolute atomic E-state index is 12.7. The smallest absolute Gasteiger partial charge is 0.306 e. The van der Waals surface area contributed by atoms with Crippen LogP contribution in [0.3, 0.4) is 0 Å². The number of imidazole rings is 1. The molecule has 0 spiro atoms. The van der Waals surface area contributed by atoms with Crippen LogP contribution in [0.1, 0.15) is 11.3 Å². The lowest BCUT2D eigenvalue weighted by atomic mass is 10.3. The van der Waals surface area contributed by atoms with Crippen molar-refractivity contribution in [2.24, 2.45) is 0 Å². The Kier molecular flexibility index (Phi) is 4.48. The van der Waals surface area contributed by atoms with Crippen LogP contribution in [0.2, 0.25) is 5.02 Å². The van der Waals surface area contributed by atoms with Crippen molar-refractivity contribution >= 4 is 27.3 Å². The van der Waals surface area contributed by atoms with E-state index >= 15 is 0 Å². The first-order valence-electron chi connectivity index (χ1n) is 6.96. The van der Waals surface area contributed by atoms with Crippen LogP contribution in [-0.4, -0.2) is 17.8 Å². The van der Waals surface area contributed by atoms with Gasteiger partial charge in [-0.05, 0) is 24.3 Å². The number of alkyl halides is 3. The second-order valence-corrected chi connectivity index (χ2v) is 7.31. The SMILES string of the molecule is O=S(=O)(NCc1cn2cc(C(F)(F)F)ccc2n1)c1ccccc1Cl. The molecule has 1 N–H and O–H groups in total. The molecule has 1 aromatic carbocycles. The topological polar surface area (TPSA) is 63.5 Å². The highest BCUT2D eigenvalue weighted by molar-refractivity contribution is 7.89. The van der Waals surface area contributed by atoms with E-state index in [9.17, 15) is 21.6 Å². The van der Waals surface area contributed by atoms with Crippen LogP contribution in [0.15, 0.2) is 53.7 Å². The highest BCUT2D eigenvalue weighted by Crippen LogP contribution is 2.29. The maximum Gasteiger partial charge on any atom is 0.417 e. The van der Waals surface area contributed by atoms with Gasteiger partial charge in [0.1, 0.15) is 10.5 Å². The number of halogens is 4. The van der Waals surface area contributed by atoms with Crippen molar-refractivity contribution in [2.75, 3.05) is 0 Å². The van der Waals surface area contributed by atoms with E-state index in [2.05, 4.69) is 9.71 Å². The lowest BCUT2D eigenvalue weighted by Gasteiger charge is -2.06. The fourth-order valence-corrected chi connectivity index (χ4v) is 3.72. The summed E-state index contributed by atoms with van der Waals surface area (Å²) in [5, 5.41) is 0.0693. The number of nitrogens with one attached hydrogen (secondary N) is 1. The quantitative estimate of drug-likeness (QED) is 0.743. The van der Waals surface area contributed by atoms with Crippen LogP contribution in [0.25, 0.3) is 5.65 Å². The van der Waals surface area contributed by atoms with Crippen molar-refractivity contribution in [1.82, 2.24) is 14.1 Å². The number of sulfonamides is 1. The molecule has 0 fully saturated rings. The number of benzene rings is 1. The third-order valence-corrected chi connectivity index (χ3v) is 5.30. The Morgan fingerprint density at radius 3 is 2.52 bits per heavy atom. The first-order chi connectivity index (χ1) is 11.7. The summed E-state index contributed by atoms with van der Waals surface area (Å²) in [7, 11) is -3.87. The van der Waals surface area contributed by atoms with E-state index in [0.717, 1.165) is 12.3 Å². The molecule has 0 amide bonds. The second kappa shape index (κ2) is 6.32. The van der Waals surface area contributed by atoms with Gasteiger partial charge in [-0.1, -0.05) is 23.7 Å². The van der Waals surface area contributed by atoms with Gasteiger partial charge >= 0.3 is 6.18 Å². The molecule has 0 atom stereocenters. The third-order valence-electron chi connectivity index (χ3n) is 3.40. The largest absolute Gasteiger partial charge is 0.417 e. The molecule has 10 heteroatoms. The molecule has 3 rings (SSSR count). The van der Waals surface area contributed by atoms with Crippen LogP contribution in [0, 0.1) is 0 Å². The molecular formula is C15H11ClF3N3O2S. The van der Waals surface area contributed by atoms with E-state index in [1.54, 1.807) is 6.07 Å². The minimum absolute atomic E-state index is 0.0693. The lowest BCUT2D eigenvalue weighted by molar-refractivity contribution is -0.137. The summed E-state index contributed by atoms with van der Waals surface area (Å²) in [4.78, 5) is 4.01. The van der Waals surface area contributed by atoms with Crippen LogP contribution in [0.5, 0.6) is 0 Å². The van der Waals surface area contributed by atoms with Gasteiger partial charge in [-0.15, -0.1) is 0 Å². The van der Waals surface area contributed by atoms with Gasteiger partial charge in [0.05, 0.1) is 22.8 Å². The molecule has 0 aliphatic heterocycles. The molecular weight excluding hydrogens is 379 g/mol. The minimum atomic E-state index is -4.47. The predicted octanol–water partition coefficient (Wildman–Crippen LogP) is 3.49. The number of nitrogens with zero attached hydrogens (tertiary/aromatic N) is 2. The van der Waals surface area contributed by atoms with Crippen molar-refractivity contribution in [2.45, 2.75) is 17.6 Å². The van der Waals surface area contributed by atoms with Gasteiger partial charge < -0.3 is 4.40 Å². The summed E-state index contributed by atoms with van der Waals surface area (Å²) in [6.07, 6.45) is -2.24. The van der Waals surface area contributed by atoms with Crippen LogP contribution >= 0.6 is 11.6 Å². The monoisotopic (exact) mass is 389 g/mol. The highest BCUT2D eigenvalue weighted by Gasteiger charge is 2.30. The Hall–Kier alpha value is -2.10. The zero-order valence-corrected chi connectivity index (χ0v) is 14.0. The van der Waals surface area contributed by atoms with Crippen LogP contribution in [-0.2, 0) is 22.7 Å². The number of fused-ring (bicyclic) bond motifs is 1. The number of hydrogen-bond donors (Lipinski definition) is 1. The first-order valence-corrected chi connectivity index (χ1v) is 8.82. The summed E-state index contributed by atoms with van der Waals surface area (Å²) >= 11 is 5.87. The standard InChI is InChI=1S/C15H11ClF3N3O2S/c16-12-3-1-2-4-13(12)25(23,24)20-7-11-9-22-8-10(15(17,18)19)5-6-14(22)21-11/h1-6,8-9,20H,7H2. The Labute approximate surface area is 146 Å². The molecule has 2 aromatic heterocycles. The summed E-state index contributed by atoms with van der Waals surface area (Å²) in [6, 6.07) is 8.06. The van der Waals surface area contributed by atoms with Crippen molar-refractivity contribution in [3.05, 3.63) is 65.1 Å². The maximum atomic E-state index is 12.7. The van der Waals surface area contributed by atoms with E-state index in [4.69, 9.17) is 11.6 Å². The average Bonchev–Trinajstić information content (AvgIpc) is 2.94. The second-order valence-electron chi connectivity index (χ2n) is 5.17. The summed E-state index contributed by atoms with van der Waals surface area (Å²) < 4.78 is 66.2. The van der Waals surface area contributed by atoms with E-state index in [1.807, 2.05) is 0 Å². The van der Waals surface area contributed by atoms with Crippen molar-refractivity contribution in [3.8, 4) is 0 Å². The van der Waals surface area contributed by atoms with Gasteiger partial charge in [-0.2, -0.15) is 13.2 Å². The molecule has 25 heavy (non-hydrogen) atoms. The number of aromatic nitrogens is 2. The highest BCUT2D eigenvalue weighted by atomic mass is 35.5. The first kappa shape index (κ1) is 17.7. The van der Waals surface area contributed by atoms with Crippen molar-refractivity contribution in [3.63, 3.8) is 0 Å². The Balaban J connectivity index is 1.83. The molecule has 0 unspecified atom stereocenters. The number of hydrogen-bond acceptors (Lipinski definition) is 3. The molecule has 2 heterocycles. The molecule has 0 saturated heterocycles. The van der Waals surface area contributed by atoms with Crippen molar-refractivity contribution < 1.29 is 21.6 Å². The van der Waals surface area contributed by atoms with Crippen LogP contribution < -0.4 is 4.72 Å². The Morgan fingerprint density at radius 1 is 1.12 bits per heavy atom. The number of pyridine rings is 1. The summed E-state index contributed by atoms with van der Waals surface area (Å²) in [5.41, 5.74) is -0.268. The zero-order valence-electron chi connectivity index (χ0n) is 12.5. The van der Waals surface area contributed by atoms with Gasteiger partial charge in [0.2, 0.25) is 10.0 Å². The van der Waals surface area contributed by atoms with Gasteiger partial charge in [0, 0.05) is 12.4 Å². The normalized spacial score (nSPS) is 12.6. The fourth-order valence-electron chi connectivity index (χ4n) is 2.21. The Bertz CT molecular complexity index is 1030. The molecule has 0 aliphatic carbocycles. The molecule has 132 valence electrons. The third kappa shape index (κ3) is 3.78. The van der Waals surface area contributed by atoms with Gasteiger partial charge in [-0.3, -0.25) is 0 Å². The van der Waals surface area contributed by atoms with Crippen LogP contribution in [0.4, 0.5) is 13.2 Å². The van der Waals surface area contributed by atoms with Gasteiger partial charge in [0.25, 0.3) is 0 Å². The molecule has 5 nitrogen and oxygen atoms in total. The molecule has 0 bridgehead atoms. The van der Waals surface area contributed by atoms with Gasteiger partial charge in [0.15, 0.2) is 0 Å². The van der Waals surface area contributed by atoms with E-state index in [0.29, 0.717) is 0 Å². The molecule has 0 aliphatic rings. The average molecular weight is 390 g/mol. The van der Waals surface area contributed by atoms with Gasteiger partial charge in [-0.25, -0.2) is 18.1 Å². The molecule has 0 radical (unpaired) electrons. The zero-order chi connectivity index (χ0) is 18.2. The van der Waals surface area contributed by atoms with Crippen molar-refractivity contribution in [1.29, 1.82) is 0 Å².